The number of piperazine rings is 1. The van der Waals surface area contributed by atoms with Gasteiger partial charge in [0.1, 0.15) is 5.82 Å². The molecular formula is C22H28FN3O3S. The number of sulfonamides is 1. The number of nitrogens with zero attached hydrogens (tertiary/aromatic N) is 2. The van der Waals surface area contributed by atoms with Crippen LogP contribution in [0, 0.1) is 12.7 Å². The average molecular weight is 434 g/mol. The van der Waals surface area contributed by atoms with E-state index < -0.39 is 15.8 Å². The topological polar surface area (TPSA) is 69.7 Å². The molecule has 6 nitrogen and oxygen atoms in total. The number of carbonyl (C=O) groups is 1. The van der Waals surface area contributed by atoms with Crippen LogP contribution in [0.5, 0.6) is 0 Å². The molecule has 0 aromatic heterocycles. The van der Waals surface area contributed by atoms with Crippen LogP contribution in [0.4, 0.5) is 10.1 Å². The number of aryl methyl sites for hydroxylation is 1. The van der Waals surface area contributed by atoms with E-state index in [9.17, 15) is 17.6 Å². The Bertz CT molecular complexity index is 1020. The van der Waals surface area contributed by atoms with E-state index in [-0.39, 0.29) is 36.4 Å². The van der Waals surface area contributed by atoms with Crippen LogP contribution in [-0.2, 0) is 14.8 Å². The van der Waals surface area contributed by atoms with Crippen molar-refractivity contribution in [3.8, 4) is 0 Å². The third-order valence-electron chi connectivity index (χ3n) is 5.32. The summed E-state index contributed by atoms with van der Waals surface area (Å²) < 4.78 is 40.2. The Morgan fingerprint density at radius 2 is 1.77 bits per heavy atom. The van der Waals surface area contributed by atoms with Crippen molar-refractivity contribution in [1.82, 2.24) is 9.21 Å². The number of amides is 1. The van der Waals surface area contributed by atoms with E-state index in [4.69, 9.17) is 0 Å². The van der Waals surface area contributed by atoms with Crippen molar-refractivity contribution in [2.45, 2.75) is 31.6 Å². The van der Waals surface area contributed by atoms with E-state index in [2.05, 4.69) is 19.2 Å². The number of halogens is 1. The largest absolute Gasteiger partial charge is 0.324 e. The molecule has 1 N–H and O–H groups in total. The minimum atomic E-state index is -3.74. The van der Waals surface area contributed by atoms with E-state index in [1.54, 1.807) is 0 Å². The van der Waals surface area contributed by atoms with Gasteiger partial charge in [0, 0.05) is 31.9 Å². The first-order valence-electron chi connectivity index (χ1n) is 10.1. The van der Waals surface area contributed by atoms with Crippen LogP contribution < -0.4 is 5.32 Å². The van der Waals surface area contributed by atoms with Crippen LogP contribution in [0.25, 0.3) is 0 Å². The van der Waals surface area contributed by atoms with Crippen LogP contribution in [0.1, 0.15) is 30.9 Å². The lowest BCUT2D eigenvalue weighted by molar-refractivity contribution is -0.117. The summed E-state index contributed by atoms with van der Waals surface area (Å²) >= 11 is 0. The lowest BCUT2D eigenvalue weighted by Crippen LogP contribution is -2.50. The maximum atomic E-state index is 13.4. The lowest BCUT2D eigenvalue weighted by atomic mass is 9.98. The van der Waals surface area contributed by atoms with E-state index in [0.717, 1.165) is 22.9 Å². The SMILES string of the molecule is Cc1cccc(C(C)C)c1NC(=O)CN1CCN(S(=O)(=O)c2cccc(F)c2)CC1. The Kier molecular flexibility index (Phi) is 6.90. The normalized spacial score (nSPS) is 16.0. The van der Waals surface area contributed by atoms with Crippen LogP contribution in [0.2, 0.25) is 0 Å². The second kappa shape index (κ2) is 9.24. The number of hydrogen-bond donors (Lipinski definition) is 1. The molecule has 0 aliphatic carbocycles. The van der Waals surface area contributed by atoms with Crippen molar-refractivity contribution < 1.29 is 17.6 Å². The molecule has 1 saturated heterocycles. The van der Waals surface area contributed by atoms with Gasteiger partial charge in [-0.3, -0.25) is 9.69 Å². The highest BCUT2D eigenvalue weighted by atomic mass is 32.2. The highest BCUT2D eigenvalue weighted by Crippen LogP contribution is 2.27. The van der Waals surface area contributed by atoms with Crippen LogP contribution in [-0.4, -0.2) is 56.3 Å². The summed E-state index contributed by atoms with van der Waals surface area (Å²) in [6.07, 6.45) is 0. The molecule has 1 heterocycles. The summed E-state index contributed by atoms with van der Waals surface area (Å²) in [5.41, 5.74) is 2.96. The number of hydrogen-bond acceptors (Lipinski definition) is 4. The fraction of sp³-hybridized carbons (Fsp3) is 0.409. The number of rotatable bonds is 6. The van der Waals surface area contributed by atoms with Gasteiger partial charge in [0.15, 0.2) is 0 Å². The molecule has 3 rings (SSSR count). The van der Waals surface area contributed by atoms with Gasteiger partial charge in [-0.2, -0.15) is 4.31 Å². The zero-order chi connectivity index (χ0) is 21.9. The molecule has 2 aromatic carbocycles. The molecule has 2 aromatic rings. The molecule has 0 saturated carbocycles. The summed E-state index contributed by atoms with van der Waals surface area (Å²) in [6, 6.07) is 11.0. The highest BCUT2D eigenvalue weighted by Gasteiger charge is 2.29. The standard InChI is InChI=1S/C22H28FN3O3S/c1-16(2)20-9-4-6-17(3)22(20)24-21(27)15-25-10-12-26(13-11-25)30(28,29)19-8-5-7-18(23)14-19/h4-9,14,16H,10-13,15H2,1-3H3,(H,24,27). The first-order valence-corrected chi connectivity index (χ1v) is 11.5. The number of carbonyl (C=O) groups excluding carboxylic acids is 1. The van der Waals surface area contributed by atoms with Crippen LogP contribution in [0.3, 0.4) is 0 Å². The van der Waals surface area contributed by atoms with E-state index in [1.807, 2.05) is 30.0 Å². The first-order chi connectivity index (χ1) is 14.2. The molecule has 1 amide bonds. The third-order valence-corrected chi connectivity index (χ3v) is 7.22. The molecule has 8 heteroatoms. The molecule has 1 aliphatic heterocycles. The third kappa shape index (κ3) is 5.06. The average Bonchev–Trinajstić information content (AvgIpc) is 2.69. The first kappa shape index (κ1) is 22.4. The minimum Gasteiger partial charge on any atom is -0.324 e. The number of para-hydroxylation sites is 1. The van der Waals surface area contributed by atoms with E-state index >= 15 is 0 Å². The Balaban J connectivity index is 1.60. The van der Waals surface area contributed by atoms with Gasteiger partial charge in [-0.05, 0) is 42.2 Å². The number of anilines is 1. The summed E-state index contributed by atoms with van der Waals surface area (Å²) in [4.78, 5) is 14.5. The van der Waals surface area contributed by atoms with Crippen molar-refractivity contribution in [2.75, 3.05) is 38.0 Å². The Hall–Kier alpha value is -2.29. The summed E-state index contributed by atoms with van der Waals surface area (Å²) in [5.74, 6) is -0.409. The fourth-order valence-electron chi connectivity index (χ4n) is 3.63. The van der Waals surface area contributed by atoms with Crippen molar-refractivity contribution in [1.29, 1.82) is 0 Å². The van der Waals surface area contributed by atoms with Gasteiger partial charge in [-0.1, -0.05) is 38.1 Å². The summed E-state index contributed by atoms with van der Waals surface area (Å²) in [7, 11) is -3.74. The van der Waals surface area contributed by atoms with Gasteiger partial charge in [0.25, 0.3) is 0 Å². The van der Waals surface area contributed by atoms with Gasteiger partial charge in [-0.15, -0.1) is 0 Å². The number of benzene rings is 2. The van der Waals surface area contributed by atoms with Gasteiger partial charge >= 0.3 is 0 Å². The van der Waals surface area contributed by atoms with Gasteiger partial charge in [-0.25, -0.2) is 12.8 Å². The summed E-state index contributed by atoms with van der Waals surface area (Å²) in [5, 5.41) is 3.03. The van der Waals surface area contributed by atoms with Crippen molar-refractivity contribution in [3.63, 3.8) is 0 Å². The van der Waals surface area contributed by atoms with Crippen molar-refractivity contribution in [2.24, 2.45) is 0 Å². The fourth-order valence-corrected chi connectivity index (χ4v) is 5.08. The summed E-state index contributed by atoms with van der Waals surface area (Å²) in [6.45, 7) is 7.73. The molecule has 0 radical (unpaired) electrons. The van der Waals surface area contributed by atoms with E-state index in [1.165, 1.54) is 22.5 Å². The molecule has 0 unspecified atom stereocenters. The predicted molar refractivity (Wildman–Crippen MR) is 115 cm³/mol. The molecule has 0 atom stereocenters. The molecule has 1 aliphatic rings. The lowest BCUT2D eigenvalue weighted by Gasteiger charge is -2.33. The number of nitrogens with one attached hydrogen (secondary N) is 1. The zero-order valence-electron chi connectivity index (χ0n) is 17.6. The monoisotopic (exact) mass is 433 g/mol. The van der Waals surface area contributed by atoms with Gasteiger partial charge < -0.3 is 5.32 Å². The Morgan fingerprint density at radius 1 is 1.10 bits per heavy atom. The Labute approximate surface area is 177 Å². The molecule has 0 bridgehead atoms. The van der Waals surface area contributed by atoms with E-state index in [0.29, 0.717) is 13.1 Å². The highest BCUT2D eigenvalue weighted by molar-refractivity contribution is 7.89. The molecule has 1 fully saturated rings. The molecule has 30 heavy (non-hydrogen) atoms. The van der Waals surface area contributed by atoms with Gasteiger partial charge in [0.2, 0.25) is 15.9 Å². The maximum absolute atomic E-state index is 13.4. The smallest absolute Gasteiger partial charge is 0.243 e. The van der Waals surface area contributed by atoms with Crippen molar-refractivity contribution in [3.05, 3.63) is 59.4 Å². The zero-order valence-corrected chi connectivity index (χ0v) is 18.4. The Morgan fingerprint density at radius 3 is 2.40 bits per heavy atom. The van der Waals surface area contributed by atoms with Crippen LogP contribution >= 0.6 is 0 Å². The second-order valence-electron chi connectivity index (χ2n) is 7.88. The minimum absolute atomic E-state index is 0.0468. The molecule has 162 valence electrons. The van der Waals surface area contributed by atoms with Gasteiger partial charge in [0.05, 0.1) is 11.4 Å². The molecule has 0 spiro atoms. The second-order valence-corrected chi connectivity index (χ2v) is 9.82. The quantitative estimate of drug-likeness (QED) is 0.760. The predicted octanol–water partition coefficient (Wildman–Crippen LogP) is 3.20. The van der Waals surface area contributed by atoms with Crippen LogP contribution in [0.15, 0.2) is 47.4 Å². The van der Waals surface area contributed by atoms with Crippen molar-refractivity contribution >= 4 is 21.6 Å². The molecular weight excluding hydrogens is 405 g/mol. The maximum Gasteiger partial charge on any atom is 0.243 e.